The Hall–Kier alpha value is -2.95. The number of aromatic nitrogens is 2. The lowest BCUT2D eigenvalue weighted by molar-refractivity contribution is -0.134. The molecule has 0 bridgehead atoms. The number of likely N-dealkylation sites (tertiary alicyclic amines) is 1. The highest BCUT2D eigenvalue weighted by atomic mass is 16.4. The first kappa shape index (κ1) is 16.2. The van der Waals surface area contributed by atoms with Gasteiger partial charge >= 0.3 is 0 Å². The number of rotatable bonds is 4. The molecule has 5 nitrogen and oxygen atoms in total. The minimum atomic E-state index is -0.0977. The van der Waals surface area contributed by atoms with Gasteiger partial charge < -0.3 is 9.32 Å². The van der Waals surface area contributed by atoms with Crippen LogP contribution < -0.4 is 0 Å². The largest absolute Gasteiger partial charge is 0.418 e. The van der Waals surface area contributed by atoms with E-state index in [0.29, 0.717) is 17.7 Å². The summed E-state index contributed by atoms with van der Waals surface area (Å²) < 4.78 is 5.93. The monoisotopic (exact) mass is 359 g/mol. The van der Waals surface area contributed by atoms with Gasteiger partial charge in [-0.3, -0.25) is 4.79 Å². The van der Waals surface area contributed by atoms with Crippen LogP contribution in [0.5, 0.6) is 0 Å². The predicted octanol–water partition coefficient (Wildman–Crippen LogP) is 4.20. The fraction of sp³-hybridized carbons (Fsp3) is 0.318. The van der Waals surface area contributed by atoms with Crippen LogP contribution in [0.3, 0.4) is 0 Å². The molecule has 1 amide bonds. The van der Waals surface area contributed by atoms with E-state index in [9.17, 15) is 4.79 Å². The summed E-state index contributed by atoms with van der Waals surface area (Å²) in [6.45, 7) is 0.768. The highest BCUT2D eigenvalue weighted by Crippen LogP contribution is 2.50. The molecule has 5 heteroatoms. The van der Waals surface area contributed by atoms with Gasteiger partial charge in [0, 0.05) is 18.0 Å². The van der Waals surface area contributed by atoms with E-state index in [2.05, 4.69) is 22.3 Å². The van der Waals surface area contributed by atoms with E-state index in [1.54, 1.807) is 0 Å². The van der Waals surface area contributed by atoms with Gasteiger partial charge in [-0.05, 0) is 42.9 Å². The first-order valence-corrected chi connectivity index (χ1v) is 9.55. The highest BCUT2D eigenvalue weighted by Gasteiger charge is 2.48. The fourth-order valence-corrected chi connectivity index (χ4v) is 4.10. The molecular formula is C22H21N3O2. The number of hydrogen-bond acceptors (Lipinski definition) is 4. The van der Waals surface area contributed by atoms with Crippen LogP contribution in [0.1, 0.15) is 42.7 Å². The van der Waals surface area contributed by atoms with Gasteiger partial charge in [-0.25, -0.2) is 0 Å². The molecule has 2 heterocycles. The van der Waals surface area contributed by atoms with Crippen LogP contribution in [0, 0.1) is 5.92 Å². The van der Waals surface area contributed by atoms with Crippen molar-refractivity contribution in [1.82, 2.24) is 15.1 Å². The van der Waals surface area contributed by atoms with Crippen molar-refractivity contribution in [1.29, 1.82) is 0 Å². The summed E-state index contributed by atoms with van der Waals surface area (Å²) in [6, 6.07) is 20.0. The molecule has 27 heavy (non-hydrogen) atoms. The van der Waals surface area contributed by atoms with Crippen molar-refractivity contribution in [2.24, 2.45) is 5.92 Å². The minimum absolute atomic E-state index is 0.0875. The van der Waals surface area contributed by atoms with Gasteiger partial charge in [0.15, 0.2) is 0 Å². The van der Waals surface area contributed by atoms with Gasteiger partial charge in [0.2, 0.25) is 17.7 Å². The zero-order chi connectivity index (χ0) is 18.2. The number of amides is 1. The lowest BCUT2D eigenvalue weighted by Gasteiger charge is -2.22. The zero-order valence-corrected chi connectivity index (χ0v) is 15.0. The van der Waals surface area contributed by atoms with Crippen molar-refractivity contribution in [3.05, 3.63) is 72.1 Å². The molecule has 1 aliphatic carbocycles. The van der Waals surface area contributed by atoms with E-state index in [1.165, 1.54) is 5.56 Å². The Bertz CT molecular complexity index is 938. The first-order valence-electron chi connectivity index (χ1n) is 9.55. The van der Waals surface area contributed by atoms with Crippen LogP contribution >= 0.6 is 0 Å². The molecular weight excluding hydrogens is 338 g/mol. The summed E-state index contributed by atoms with van der Waals surface area (Å²) >= 11 is 0. The van der Waals surface area contributed by atoms with Gasteiger partial charge in [0.05, 0.1) is 0 Å². The maximum Gasteiger partial charge on any atom is 0.247 e. The highest BCUT2D eigenvalue weighted by molar-refractivity contribution is 5.83. The van der Waals surface area contributed by atoms with Gasteiger partial charge in [-0.15, -0.1) is 10.2 Å². The van der Waals surface area contributed by atoms with Gasteiger partial charge in [0.1, 0.15) is 6.04 Å². The Kier molecular flexibility index (Phi) is 4.00. The second-order valence-corrected chi connectivity index (χ2v) is 7.36. The van der Waals surface area contributed by atoms with Crippen molar-refractivity contribution in [2.45, 2.75) is 31.2 Å². The summed E-state index contributed by atoms with van der Waals surface area (Å²) in [5, 5.41) is 8.45. The quantitative estimate of drug-likeness (QED) is 0.700. The molecule has 2 aromatic carbocycles. The van der Waals surface area contributed by atoms with Crippen molar-refractivity contribution in [2.75, 3.05) is 6.54 Å². The lowest BCUT2D eigenvalue weighted by Crippen LogP contribution is -2.32. The standard InChI is InChI=1S/C22H21N3O2/c26-22(18-14-17(18)15-8-3-1-4-9-15)25-13-7-12-19(25)21-24-23-20(27-21)16-10-5-2-6-11-16/h1-6,8-11,17-19H,7,12-14H2. The second kappa shape index (κ2) is 6.65. The third-order valence-electron chi connectivity index (χ3n) is 5.62. The summed E-state index contributed by atoms with van der Waals surface area (Å²) in [7, 11) is 0. The van der Waals surface area contributed by atoms with Crippen LogP contribution in [0.15, 0.2) is 65.1 Å². The minimum Gasteiger partial charge on any atom is -0.418 e. The molecule has 0 radical (unpaired) electrons. The summed E-state index contributed by atoms with van der Waals surface area (Å²) in [5.74, 6) is 1.73. The van der Waals surface area contributed by atoms with Crippen molar-refractivity contribution < 1.29 is 9.21 Å². The maximum absolute atomic E-state index is 13.1. The van der Waals surface area contributed by atoms with Crippen LogP contribution in [-0.4, -0.2) is 27.5 Å². The van der Waals surface area contributed by atoms with Crippen molar-refractivity contribution >= 4 is 5.91 Å². The van der Waals surface area contributed by atoms with Crippen LogP contribution in [0.25, 0.3) is 11.5 Å². The van der Waals surface area contributed by atoms with Crippen LogP contribution in [0.2, 0.25) is 0 Å². The molecule has 1 aliphatic heterocycles. The van der Waals surface area contributed by atoms with Gasteiger partial charge in [0.25, 0.3) is 0 Å². The molecule has 1 aromatic heterocycles. The molecule has 0 spiro atoms. The Balaban J connectivity index is 1.33. The smallest absolute Gasteiger partial charge is 0.247 e. The molecule has 1 saturated heterocycles. The van der Waals surface area contributed by atoms with E-state index in [4.69, 9.17) is 4.42 Å². The normalized spacial score (nSPS) is 24.1. The average Bonchev–Trinajstić information content (AvgIpc) is 3.13. The summed E-state index contributed by atoms with van der Waals surface area (Å²) in [5.41, 5.74) is 2.16. The number of carbonyl (C=O) groups is 1. The Morgan fingerprint density at radius 2 is 1.74 bits per heavy atom. The Morgan fingerprint density at radius 1 is 1.00 bits per heavy atom. The molecule has 3 aromatic rings. The summed E-state index contributed by atoms with van der Waals surface area (Å²) in [6.07, 6.45) is 2.79. The molecule has 136 valence electrons. The topological polar surface area (TPSA) is 59.2 Å². The predicted molar refractivity (Wildman–Crippen MR) is 101 cm³/mol. The van der Waals surface area contributed by atoms with Crippen LogP contribution in [-0.2, 0) is 4.79 Å². The van der Waals surface area contributed by atoms with E-state index in [0.717, 1.165) is 31.4 Å². The van der Waals surface area contributed by atoms with E-state index >= 15 is 0 Å². The molecule has 3 unspecified atom stereocenters. The first-order chi connectivity index (χ1) is 13.3. The van der Waals surface area contributed by atoms with E-state index < -0.39 is 0 Å². The number of benzene rings is 2. The molecule has 5 rings (SSSR count). The van der Waals surface area contributed by atoms with Crippen LogP contribution in [0.4, 0.5) is 0 Å². The fourth-order valence-electron chi connectivity index (χ4n) is 4.10. The lowest BCUT2D eigenvalue weighted by atomic mass is 10.1. The summed E-state index contributed by atoms with van der Waals surface area (Å²) in [4.78, 5) is 15.0. The average molecular weight is 359 g/mol. The number of carbonyl (C=O) groups excluding carboxylic acids is 1. The van der Waals surface area contributed by atoms with Gasteiger partial charge in [-0.2, -0.15) is 0 Å². The third-order valence-corrected chi connectivity index (χ3v) is 5.62. The molecule has 1 saturated carbocycles. The maximum atomic E-state index is 13.1. The zero-order valence-electron chi connectivity index (χ0n) is 15.0. The van der Waals surface area contributed by atoms with Gasteiger partial charge in [-0.1, -0.05) is 48.5 Å². The molecule has 3 atom stereocenters. The van der Waals surface area contributed by atoms with Crippen molar-refractivity contribution in [3.8, 4) is 11.5 Å². The number of hydrogen-bond donors (Lipinski definition) is 0. The molecule has 2 fully saturated rings. The molecule has 0 N–H and O–H groups in total. The third kappa shape index (κ3) is 3.03. The molecule has 2 aliphatic rings. The Labute approximate surface area is 158 Å². The van der Waals surface area contributed by atoms with Crippen molar-refractivity contribution in [3.63, 3.8) is 0 Å². The van der Waals surface area contributed by atoms with E-state index in [-0.39, 0.29) is 17.9 Å². The van der Waals surface area contributed by atoms with E-state index in [1.807, 2.05) is 53.4 Å². The SMILES string of the molecule is O=C(C1CC1c1ccccc1)N1CCCC1c1nnc(-c2ccccc2)o1. The Morgan fingerprint density at radius 3 is 2.52 bits per heavy atom. The number of nitrogens with zero attached hydrogens (tertiary/aromatic N) is 3. The second-order valence-electron chi connectivity index (χ2n) is 7.36.